The molecule has 1 saturated heterocycles. The Balaban J connectivity index is 1.27. The number of hydrogen-bond donors (Lipinski definition) is 1. The largest absolute Gasteiger partial charge is 0.352 e. The maximum Gasteiger partial charge on any atom is 0.318 e. The standard InChI is InChI=1S/C28H30ClN5O/c1-18-4-6-22(7-5-18)23-14-25-26(15-23)30-17-31-27(25)33-12-13-34(19(2)16-33)28(35)32-20(3)21-8-10-24(29)11-9-21/h4-11,14,17,19-20H,12-13,15-16H2,1-3H3,(H,32,35)/t19-,20-/m1/s1. The highest BCUT2D eigenvalue weighted by molar-refractivity contribution is 6.30. The van der Waals surface area contributed by atoms with E-state index in [1.807, 2.05) is 36.1 Å². The molecule has 0 spiro atoms. The maximum atomic E-state index is 13.0. The van der Waals surface area contributed by atoms with Gasteiger partial charge in [-0.25, -0.2) is 14.8 Å². The Labute approximate surface area is 211 Å². The summed E-state index contributed by atoms with van der Waals surface area (Å²) in [7, 11) is 0. The molecular weight excluding hydrogens is 458 g/mol. The molecule has 2 atom stereocenters. The molecule has 1 aromatic heterocycles. The lowest BCUT2D eigenvalue weighted by Crippen LogP contribution is -2.57. The Morgan fingerprint density at radius 3 is 2.54 bits per heavy atom. The average molecular weight is 488 g/mol. The van der Waals surface area contributed by atoms with Crippen LogP contribution < -0.4 is 10.2 Å². The topological polar surface area (TPSA) is 61.4 Å². The van der Waals surface area contributed by atoms with Gasteiger partial charge in [-0.3, -0.25) is 0 Å². The van der Waals surface area contributed by atoms with E-state index in [0.717, 1.165) is 42.1 Å². The van der Waals surface area contributed by atoms with Crippen LogP contribution in [0.5, 0.6) is 0 Å². The Morgan fingerprint density at radius 1 is 1.09 bits per heavy atom. The number of halogens is 1. The van der Waals surface area contributed by atoms with Gasteiger partial charge in [0.15, 0.2) is 0 Å². The monoisotopic (exact) mass is 487 g/mol. The summed E-state index contributed by atoms with van der Waals surface area (Å²) in [5.41, 5.74) is 6.94. The van der Waals surface area contributed by atoms with E-state index in [1.54, 1.807) is 6.33 Å². The molecule has 6 nitrogen and oxygen atoms in total. The van der Waals surface area contributed by atoms with E-state index >= 15 is 0 Å². The lowest BCUT2D eigenvalue weighted by molar-refractivity contribution is 0.168. The summed E-state index contributed by atoms with van der Waals surface area (Å²) in [6, 6.07) is 16.1. The summed E-state index contributed by atoms with van der Waals surface area (Å²) < 4.78 is 0. The van der Waals surface area contributed by atoms with E-state index in [-0.39, 0.29) is 18.1 Å². The molecule has 1 N–H and O–H groups in total. The first-order valence-electron chi connectivity index (χ1n) is 12.1. The second-order valence-corrected chi connectivity index (χ2v) is 9.92. The van der Waals surface area contributed by atoms with Gasteiger partial charge in [-0.05, 0) is 55.7 Å². The summed E-state index contributed by atoms with van der Waals surface area (Å²) >= 11 is 5.99. The highest BCUT2D eigenvalue weighted by Crippen LogP contribution is 2.35. The molecule has 1 aliphatic carbocycles. The van der Waals surface area contributed by atoms with Crippen LogP contribution >= 0.6 is 11.6 Å². The number of carbonyl (C=O) groups excluding carboxylic acids is 1. The maximum absolute atomic E-state index is 13.0. The van der Waals surface area contributed by atoms with Crippen LogP contribution in [0.1, 0.15) is 47.8 Å². The number of aromatic nitrogens is 2. The number of rotatable bonds is 4. The van der Waals surface area contributed by atoms with Crippen molar-refractivity contribution < 1.29 is 4.79 Å². The van der Waals surface area contributed by atoms with Crippen molar-refractivity contribution in [3.8, 4) is 0 Å². The van der Waals surface area contributed by atoms with Crippen LogP contribution in [0, 0.1) is 6.92 Å². The minimum absolute atomic E-state index is 0.0472. The third kappa shape index (κ3) is 4.89. The van der Waals surface area contributed by atoms with E-state index < -0.39 is 0 Å². The summed E-state index contributed by atoms with van der Waals surface area (Å²) in [5, 5.41) is 3.82. The first-order chi connectivity index (χ1) is 16.9. The number of aryl methyl sites for hydroxylation is 1. The minimum atomic E-state index is -0.0968. The number of hydrogen-bond acceptors (Lipinski definition) is 4. The molecule has 5 rings (SSSR count). The van der Waals surface area contributed by atoms with Gasteiger partial charge >= 0.3 is 6.03 Å². The minimum Gasteiger partial charge on any atom is -0.352 e. The fourth-order valence-electron chi connectivity index (χ4n) is 4.88. The smallest absolute Gasteiger partial charge is 0.318 e. The summed E-state index contributed by atoms with van der Waals surface area (Å²) in [6.07, 6.45) is 4.71. The number of nitrogens with one attached hydrogen (secondary N) is 1. The van der Waals surface area contributed by atoms with Crippen molar-refractivity contribution in [3.05, 3.63) is 87.8 Å². The molecule has 2 aliphatic rings. The van der Waals surface area contributed by atoms with Crippen molar-refractivity contribution in [1.29, 1.82) is 0 Å². The molecule has 2 amide bonds. The number of benzene rings is 2. The first kappa shape index (κ1) is 23.4. The number of anilines is 1. The Kier molecular flexibility index (Phi) is 6.48. The fraction of sp³-hybridized carbons (Fsp3) is 0.321. The zero-order chi connectivity index (χ0) is 24.5. The van der Waals surface area contributed by atoms with Crippen molar-refractivity contribution in [2.24, 2.45) is 0 Å². The molecule has 2 aromatic carbocycles. The van der Waals surface area contributed by atoms with Gasteiger partial charge in [0.1, 0.15) is 12.1 Å². The summed E-state index contributed by atoms with van der Waals surface area (Å²) in [6.45, 7) is 8.26. The lowest BCUT2D eigenvalue weighted by Gasteiger charge is -2.41. The van der Waals surface area contributed by atoms with E-state index in [4.69, 9.17) is 11.6 Å². The molecule has 35 heavy (non-hydrogen) atoms. The summed E-state index contributed by atoms with van der Waals surface area (Å²) in [5.74, 6) is 0.957. The Bertz CT molecular complexity index is 1260. The van der Waals surface area contributed by atoms with Crippen LogP contribution in [0.25, 0.3) is 11.6 Å². The number of carbonyl (C=O) groups is 1. The number of fused-ring (bicyclic) bond motifs is 1. The van der Waals surface area contributed by atoms with E-state index in [0.29, 0.717) is 11.6 Å². The van der Waals surface area contributed by atoms with E-state index in [1.165, 1.54) is 16.7 Å². The number of allylic oxidation sites excluding steroid dienone is 1. The van der Waals surface area contributed by atoms with Crippen molar-refractivity contribution in [2.45, 2.75) is 39.3 Å². The van der Waals surface area contributed by atoms with Crippen LogP contribution in [-0.2, 0) is 6.42 Å². The van der Waals surface area contributed by atoms with E-state index in [2.05, 4.69) is 64.4 Å². The van der Waals surface area contributed by atoms with Crippen LogP contribution in [0.4, 0.5) is 10.6 Å². The number of urea groups is 1. The molecule has 2 heterocycles. The zero-order valence-electron chi connectivity index (χ0n) is 20.3. The normalized spacial score (nSPS) is 18.2. The van der Waals surface area contributed by atoms with E-state index in [9.17, 15) is 4.79 Å². The molecule has 0 saturated carbocycles. The van der Waals surface area contributed by atoms with Gasteiger partial charge in [-0.15, -0.1) is 0 Å². The molecule has 180 valence electrons. The fourth-order valence-corrected chi connectivity index (χ4v) is 5.00. The number of nitrogens with zero attached hydrogens (tertiary/aromatic N) is 4. The third-order valence-corrected chi connectivity index (χ3v) is 7.19. The quantitative estimate of drug-likeness (QED) is 0.526. The molecule has 3 aromatic rings. The van der Waals surface area contributed by atoms with Gasteiger partial charge in [0.2, 0.25) is 0 Å². The second kappa shape index (κ2) is 9.70. The predicted octanol–water partition coefficient (Wildman–Crippen LogP) is 5.52. The number of piperazine rings is 1. The second-order valence-electron chi connectivity index (χ2n) is 9.48. The van der Waals surface area contributed by atoms with Crippen LogP contribution in [0.2, 0.25) is 5.02 Å². The van der Waals surface area contributed by atoms with Gasteiger partial charge in [-0.2, -0.15) is 0 Å². The summed E-state index contributed by atoms with van der Waals surface area (Å²) in [4.78, 5) is 26.5. The van der Waals surface area contributed by atoms with Gasteiger partial charge in [0.05, 0.1) is 11.7 Å². The first-order valence-corrected chi connectivity index (χ1v) is 12.5. The van der Waals surface area contributed by atoms with Crippen molar-refractivity contribution in [2.75, 3.05) is 24.5 Å². The van der Waals surface area contributed by atoms with Crippen molar-refractivity contribution in [1.82, 2.24) is 20.2 Å². The van der Waals surface area contributed by atoms with Crippen molar-refractivity contribution >= 4 is 35.1 Å². The molecule has 0 bridgehead atoms. The SMILES string of the molecule is Cc1ccc(C2=Cc3c(ncnc3N3CCN(C(=O)N[C@H](C)c4ccc(Cl)cc4)[C@H](C)C3)C2)cc1. The molecule has 0 unspecified atom stereocenters. The highest BCUT2D eigenvalue weighted by atomic mass is 35.5. The molecule has 7 heteroatoms. The third-order valence-electron chi connectivity index (χ3n) is 6.94. The molecule has 0 radical (unpaired) electrons. The zero-order valence-corrected chi connectivity index (χ0v) is 21.1. The Hall–Kier alpha value is -3.38. The van der Waals surface area contributed by atoms with Gasteiger partial charge in [-0.1, -0.05) is 53.6 Å². The highest BCUT2D eigenvalue weighted by Gasteiger charge is 2.31. The van der Waals surface area contributed by atoms with Crippen molar-refractivity contribution in [3.63, 3.8) is 0 Å². The average Bonchev–Trinajstić information content (AvgIpc) is 3.29. The predicted molar refractivity (Wildman–Crippen MR) is 142 cm³/mol. The van der Waals surface area contributed by atoms with Gasteiger partial charge < -0.3 is 15.1 Å². The molecular formula is C28H30ClN5O. The van der Waals surface area contributed by atoms with Crippen LogP contribution in [-0.4, -0.2) is 46.6 Å². The Morgan fingerprint density at radius 2 is 1.83 bits per heavy atom. The van der Waals surface area contributed by atoms with Gasteiger partial charge in [0, 0.05) is 42.7 Å². The molecule has 1 aliphatic heterocycles. The number of amides is 2. The van der Waals surface area contributed by atoms with Crippen LogP contribution in [0.3, 0.4) is 0 Å². The lowest BCUT2D eigenvalue weighted by atomic mass is 10.0. The molecule has 1 fully saturated rings. The van der Waals surface area contributed by atoms with Crippen LogP contribution in [0.15, 0.2) is 54.9 Å². The van der Waals surface area contributed by atoms with Gasteiger partial charge in [0.25, 0.3) is 0 Å².